The molecule has 2 aliphatic rings. The van der Waals surface area contributed by atoms with Gasteiger partial charge in [-0.15, -0.1) is 0 Å². The lowest BCUT2D eigenvalue weighted by Crippen LogP contribution is -2.61. The molecule has 5 aromatic carbocycles. The van der Waals surface area contributed by atoms with E-state index < -0.39 is 42.1 Å². The van der Waals surface area contributed by atoms with Crippen molar-refractivity contribution in [2.75, 3.05) is 0 Å². The molecule has 2 aromatic heterocycles. The Bertz CT molecular complexity index is 2620. The van der Waals surface area contributed by atoms with Crippen molar-refractivity contribution in [3.8, 4) is 5.69 Å². The number of rotatable bonds is 8. The Morgan fingerprint density at radius 1 is 0.667 bits per heavy atom. The summed E-state index contributed by atoms with van der Waals surface area (Å²) in [5.74, 6) is -1.66. The second kappa shape index (κ2) is 11.4. The molecule has 7 aromatic rings. The van der Waals surface area contributed by atoms with Gasteiger partial charge in [-0.3, -0.25) is 39.6 Å². The normalized spacial score (nSPS) is 16.2. The van der Waals surface area contributed by atoms with E-state index in [9.17, 15) is 19.2 Å². The first-order valence-corrected chi connectivity index (χ1v) is 17.0. The van der Waals surface area contributed by atoms with Crippen molar-refractivity contribution in [3.63, 3.8) is 0 Å². The van der Waals surface area contributed by atoms with Gasteiger partial charge in [-0.1, -0.05) is 49.4 Å². The van der Waals surface area contributed by atoms with E-state index in [4.69, 9.17) is 4.42 Å². The number of hydrogen-bond acceptors (Lipinski definition) is 8. The van der Waals surface area contributed by atoms with Crippen molar-refractivity contribution in [1.82, 2.24) is 30.2 Å². The van der Waals surface area contributed by atoms with Crippen molar-refractivity contribution in [1.29, 1.82) is 0 Å². The van der Waals surface area contributed by atoms with E-state index in [1.54, 1.807) is 62.7 Å². The maximum atomic E-state index is 14.1. The summed E-state index contributed by atoms with van der Waals surface area (Å²) in [4.78, 5) is 58.4. The fourth-order valence-electron chi connectivity index (χ4n) is 7.78. The molecule has 0 radical (unpaired) electrons. The van der Waals surface area contributed by atoms with E-state index in [-0.39, 0.29) is 0 Å². The number of imide groups is 2. The van der Waals surface area contributed by atoms with Gasteiger partial charge in [0, 0.05) is 54.6 Å². The molecule has 2 aliphatic heterocycles. The number of nitrogens with zero attached hydrogens (tertiary/aromatic N) is 4. The Balaban J connectivity index is 0.983. The minimum atomic E-state index is -0.732. The number of amides is 4. The largest absolute Gasteiger partial charge is 0.464 e. The summed E-state index contributed by atoms with van der Waals surface area (Å²) in [5.41, 5.74) is 4.02. The predicted molar refractivity (Wildman–Crippen MR) is 193 cm³/mol. The summed E-state index contributed by atoms with van der Waals surface area (Å²) in [5, 5.41) is 15.8. The fourth-order valence-corrected chi connectivity index (χ4v) is 7.78. The Kier molecular flexibility index (Phi) is 6.92. The highest BCUT2D eigenvalue weighted by atomic mass is 16.3. The van der Waals surface area contributed by atoms with E-state index in [1.165, 1.54) is 9.80 Å². The first kappa shape index (κ1) is 30.9. The summed E-state index contributed by atoms with van der Waals surface area (Å²) in [7, 11) is 0. The molecule has 3 atom stereocenters. The summed E-state index contributed by atoms with van der Waals surface area (Å²) >= 11 is 0. The molecule has 0 bridgehead atoms. The lowest BCUT2D eigenvalue weighted by atomic mass is 9.92. The highest BCUT2D eigenvalue weighted by Gasteiger charge is 2.39. The average Bonchev–Trinajstić information content (AvgIpc) is 3.80. The number of fused-ring (bicyclic) bond motifs is 3. The number of aromatic nitrogens is 2. The van der Waals surface area contributed by atoms with E-state index in [0.717, 1.165) is 27.4 Å². The molecule has 0 saturated carbocycles. The highest BCUT2D eigenvalue weighted by Crippen LogP contribution is 2.37. The van der Waals surface area contributed by atoms with Crippen LogP contribution in [0.15, 0.2) is 102 Å². The molecular weight excluding hydrogens is 644 g/mol. The van der Waals surface area contributed by atoms with Gasteiger partial charge in [-0.25, -0.2) is 4.68 Å². The van der Waals surface area contributed by atoms with Gasteiger partial charge in [0.2, 0.25) is 0 Å². The van der Waals surface area contributed by atoms with Crippen LogP contribution >= 0.6 is 0 Å². The number of nitrogens with one attached hydrogen (secondary N) is 2. The first-order chi connectivity index (χ1) is 24.8. The van der Waals surface area contributed by atoms with E-state index >= 15 is 0 Å². The summed E-state index contributed by atoms with van der Waals surface area (Å²) in [6, 6.07) is 25.9. The quantitative estimate of drug-likeness (QED) is 0.137. The van der Waals surface area contributed by atoms with Crippen molar-refractivity contribution in [2.45, 2.75) is 45.7 Å². The maximum absolute atomic E-state index is 14.1. The summed E-state index contributed by atoms with van der Waals surface area (Å²) < 4.78 is 7.51. The molecule has 4 heterocycles. The molecule has 2 N–H and O–H groups in total. The minimum Gasteiger partial charge on any atom is -0.464 e. The third kappa shape index (κ3) is 4.48. The van der Waals surface area contributed by atoms with Gasteiger partial charge in [-0.05, 0) is 62.7 Å². The summed E-state index contributed by atoms with van der Waals surface area (Å²) in [6.45, 7) is 5.44. The van der Waals surface area contributed by atoms with E-state index in [0.29, 0.717) is 50.4 Å². The van der Waals surface area contributed by atoms with Crippen LogP contribution in [0.5, 0.6) is 0 Å². The second-order valence-electron chi connectivity index (χ2n) is 13.1. The molecule has 11 heteroatoms. The van der Waals surface area contributed by atoms with Gasteiger partial charge in [0.1, 0.15) is 5.58 Å². The van der Waals surface area contributed by atoms with Crippen LogP contribution in [-0.2, 0) is 0 Å². The Labute approximate surface area is 291 Å². The molecule has 4 amide bonds. The van der Waals surface area contributed by atoms with E-state index in [1.807, 2.05) is 60.1 Å². The van der Waals surface area contributed by atoms with Crippen LogP contribution in [0, 0.1) is 0 Å². The molecule has 0 fully saturated rings. The van der Waals surface area contributed by atoms with Crippen LogP contribution in [-0.4, -0.2) is 61.7 Å². The standard InChI is InChI=1S/C40H32N6O5/c1-4-33(43-22(3)45-38(48)28-13-8-11-26-35(28)30(40(45)50)19-23-17-18-51-36(23)26)42-21(2)44-37(47)27-12-7-10-25-32(16-15-29(34(25)27)39(44)49)46-31-14-6-5-9-24(31)20-41-46/h5-22,33,42-43H,4H2,1-3H3. The second-order valence-corrected chi connectivity index (χ2v) is 13.1. The average molecular weight is 677 g/mol. The zero-order chi connectivity index (χ0) is 35.1. The number of carbonyl (C=O) groups excluding carboxylic acids is 4. The van der Waals surface area contributed by atoms with Crippen molar-refractivity contribution in [2.24, 2.45) is 0 Å². The molecule has 0 spiro atoms. The van der Waals surface area contributed by atoms with Crippen molar-refractivity contribution < 1.29 is 23.6 Å². The van der Waals surface area contributed by atoms with Crippen LogP contribution in [0.1, 0.15) is 68.6 Å². The van der Waals surface area contributed by atoms with Crippen molar-refractivity contribution >= 4 is 67.0 Å². The third-order valence-corrected chi connectivity index (χ3v) is 10.2. The Morgan fingerprint density at radius 2 is 1.27 bits per heavy atom. The molecule has 51 heavy (non-hydrogen) atoms. The van der Waals surface area contributed by atoms with Crippen LogP contribution in [0.2, 0.25) is 0 Å². The molecule has 0 saturated heterocycles. The van der Waals surface area contributed by atoms with Gasteiger partial charge in [0.05, 0.1) is 42.2 Å². The number of para-hydroxylation sites is 1. The Hall–Kier alpha value is -6.17. The van der Waals surface area contributed by atoms with Crippen molar-refractivity contribution in [3.05, 3.63) is 120 Å². The zero-order valence-electron chi connectivity index (χ0n) is 28.0. The number of hydrogen-bond donors (Lipinski definition) is 2. The maximum Gasteiger partial charge on any atom is 0.262 e. The molecule has 11 nitrogen and oxygen atoms in total. The SMILES string of the molecule is CCC(NC(C)N1C(=O)c2cccc3c(-n4ncc5ccccc54)ccc(c23)C1=O)NC(C)N1C(=O)c2cccc3c2c(cc2ccoc23)C1=O. The van der Waals surface area contributed by atoms with Gasteiger partial charge >= 0.3 is 0 Å². The van der Waals surface area contributed by atoms with Gasteiger partial charge in [-0.2, -0.15) is 5.10 Å². The van der Waals surface area contributed by atoms with Gasteiger partial charge in [0.25, 0.3) is 23.6 Å². The monoisotopic (exact) mass is 676 g/mol. The molecule has 0 aliphatic carbocycles. The molecule has 3 unspecified atom stereocenters. The molecule has 252 valence electrons. The van der Waals surface area contributed by atoms with Gasteiger partial charge in [0.15, 0.2) is 0 Å². The van der Waals surface area contributed by atoms with E-state index in [2.05, 4.69) is 15.7 Å². The lowest BCUT2D eigenvalue weighted by molar-refractivity contribution is 0.0473. The summed E-state index contributed by atoms with van der Waals surface area (Å²) in [6.07, 6.45) is 1.96. The van der Waals surface area contributed by atoms with Crippen LogP contribution in [0.3, 0.4) is 0 Å². The van der Waals surface area contributed by atoms with Crippen LogP contribution < -0.4 is 10.6 Å². The smallest absolute Gasteiger partial charge is 0.262 e. The Morgan fingerprint density at radius 3 is 1.96 bits per heavy atom. The minimum absolute atomic E-state index is 0.414. The molecular formula is C40H32N6O5. The van der Waals surface area contributed by atoms with Crippen LogP contribution in [0.25, 0.3) is 49.1 Å². The first-order valence-electron chi connectivity index (χ1n) is 17.0. The predicted octanol–water partition coefficient (Wildman–Crippen LogP) is 6.58. The zero-order valence-corrected chi connectivity index (χ0v) is 28.0. The fraction of sp³-hybridized carbons (Fsp3) is 0.175. The lowest BCUT2D eigenvalue weighted by Gasteiger charge is -2.37. The third-order valence-electron chi connectivity index (χ3n) is 10.2. The van der Waals surface area contributed by atoms with Gasteiger partial charge < -0.3 is 4.42 Å². The molecule has 9 rings (SSSR count). The number of furan rings is 1. The van der Waals surface area contributed by atoms with Crippen LogP contribution in [0.4, 0.5) is 0 Å². The number of benzene rings is 5. The highest BCUT2D eigenvalue weighted by molar-refractivity contribution is 6.29. The topological polar surface area (TPSA) is 130 Å². The number of carbonyl (C=O) groups is 4.